The van der Waals surface area contributed by atoms with Crippen LogP contribution in [0.15, 0.2) is 11.3 Å². The van der Waals surface area contributed by atoms with Gasteiger partial charge >= 0.3 is 5.97 Å². The molecule has 6 nitrogen and oxygen atoms in total. The Labute approximate surface area is 101 Å². The summed E-state index contributed by atoms with van der Waals surface area (Å²) < 4.78 is 9.79. The first-order valence-electron chi connectivity index (χ1n) is 5.75. The second kappa shape index (κ2) is 7.26. The Morgan fingerprint density at radius 1 is 1.65 bits per heavy atom. The van der Waals surface area contributed by atoms with E-state index in [-0.39, 0.29) is 5.76 Å². The van der Waals surface area contributed by atoms with Crippen molar-refractivity contribution in [3.05, 3.63) is 11.3 Å². The normalized spacial score (nSPS) is 20.5. The molecule has 1 atom stereocenters. The highest BCUT2D eigenvalue weighted by Crippen LogP contribution is 2.15. The number of hydrogen-bond acceptors (Lipinski definition) is 6. The molecule has 0 saturated heterocycles. The van der Waals surface area contributed by atoms with Crippen molar-refractivity contribution in [2.75, 3.05) is 33.4 Å². The first kappa shape index (κ1) is 14.0. The van der Waals surface area contributed by atoms with Crippen molar-refractivity contribution < 1.29 is 19.4 Å². The zero-order chi connectivity index (χ0) is 12.7. The maximum Gasteiger partial charge on any atom is 0.337 e. The van der Waals surface area contributed by atoms with Gasteiger partial charge in [0.05, 0.1) is 18.8 Å². The second-order valence-corrected chi connectivity index (χ2v) is 3.67. The van der Waals surface area contributed by atoms with Crippen molar-refractivity contribution in [1.29, 1.82) is 0 Å². The molecule has 0 saturated carbocycles. The van der Waals surface area contributed by atoms with Crippen LogP contribution in [0.3, 0.4) is 0 Å². The number of methoxy groups -OCH3 is 1. The Hall–Kier alpha value is -1.11. The zero-order valence-corrected chi connectivity index (χ0v) is 10.3. The molecule has 0 radical (unpaired) electrons. The van der Waals surface area contributed by atoms with Gasteiger partial charge in [0.25, 0.3) is 0 Å². The molecule has 1 aliphatic heterocycles. The summed E-state index contributed by atoms with van der Waals surface area (Å²) in [6, 6.07) is 0. The van der Waals surface area contributed by atoms with E-state index in [9.17, 15) is 9.90 Å². The van der Waals surface area contributed by atoms with Crippen LogP contribution in [0.25, 0.3) is 0 Å². The summed E-state index contributed by atoms with van der Waals surface area (Å²) in [5, 5.41) is 16.1. The third-order valence-electron chi connectivity index (χ3n) is 2.48. The Balaban J connectivity index is 2.61. The molecule has 6 heteroatoms. The molecule has 1 heterocycles. The quantitative estimate of drug-likeness (QED) is 0.448. The van der Waals surface area contributed by atoms with E-state index in [4.69, 9.17) is 9.47 Å². The van der Waals surface area contributed by atoms with Crippen LogP contribution in [0, 0.1) is 0 Å². The Bertz CT molecular complexity index is 291. The average Bonchev–Trinajstić information content (AvgIpc) is 2.32. The molecule has 98 valence electrons. The summed E-state index contributed by atoms with van der Waals surface area (Å²) in [6.45, 7) is 3.81. The average molecular weight is 244 g/mol. The fourth-order valence-corrected chi connectivity index (χ4v) is 1.64. The van der Waals surface area contributed by atoms with Gasteiger partial charge in [-0.2, -0.15) is 0 Å². The van der Waals surface area contributed by atoms with Crippen LogP contribution in [0.1, 0.15) is 13.3 Å². The lowest BCUT2D eigenvalue weighted by Crippen LogP contribution is -2.49. The highest BCUT2D eigenvalue weighted by Gasteiger charge is 2.26. The molecular formula is C11H20N2O4. The molecule has 0 fully saturated rings. The number of carbonyl (C=O) groups excluding carboxylic acids is 1. The summed E-state index contributed by atoms with van der Waals surface area (Å²) in [4.78, 5) is 11.6. The molecule has 0 bridgehead atoms. The monoisotopic (exact) mass is 244 g/mol. The van der Waals surface area contributed by atoms with Gasteiger partial charge in [0.2, 0.25) is 0 Å². The van der Waals surface area contributed by atoms with E-state index in [1.54, 1.807) is 14.0 Å². The maximum atomic E-state index is 11.6. The van der Waals surface area contributed by atoms with Crippen LogP contribution < -0.4 is 10.6 Å². The van der Waals surface area contributed by atoms with Crippen molar-refractivity contribution in [3.8, 4) is 0 Å². The van der Waals surface area contributed by atoms with Crippen molar-refractivity contribution in [2.45, 2.75) is 19.5 Å². The van der Waals surface area contributed by atoms with E-state index in [1.807, 2.05) is 0 Å². The van der Waals surface area contributed by atoms with E-state index in [1.165, 1.54) is 0 Å². The molecule has 1 rings (SSSR count). The summed E-state index contributed by atoms with van der Waals surface area (Å²) in [6.07, 6.45) is 0.0749. The van der Waals surface area contributed by atoms with E-state index in [2.05, 4.69) is 10.6 Å². The van der Waals surface area contributed by atoms with Gasteiger partial charge < -0.3 is 14.6 Å². The van der Waals surface area contributed by atoms with Crippen LogP contribution in [-0.4, -0.2) is 50.7 Å². The molecule has 3 N–H and O–H groups in total. The van der Waals surface area contributed by atoms with Gasteiger partial charge in [-0.05, 0) is 13.3 Å². The highest BCUT2D eigenvalue weighted by molar-refractivity contribution is 5.89. The first-order valence-corrected chi connectivity index (χ1v) is 5.75. The highest BCUT2D eigenvalue weighted by atomic mass is 16.5. The smallest absolute Gasteiger partial charge is 0.337 e. The van der Waals surface area contributed by atoms with Gasteiger partial charge in [0.1, 0.15) is 11.9 Å². The van der Waals surface area contributed by atoms with E-state index in [0.717, 1.165) is 0 Å². The number of hydrogen-bond donors (Lipinski definition) is 3. The molecule has 1 aliphatic rings. The van der Waals surface area contributed by atoms with Crippen LogP contribution in [0.5, 0.6) is 0 Å². The summed E-state index contributed by atoms with van der Waals surface area (Å²) in [5.41, 5.74) is 0.348. The lowest BCUT2D eigenvalue weighted by molar-refractivity contribution is -0.139. The third-order valence-corrected chi connectivity index (χ3v) is 2.48. The minimum Gasteiger partial charge on any atom is -0.509 e. The lowest BCUT2D eigenvalue weighted by atomic mass is 10.1. The topological polar surface area (TPSA) is 79.8 Å². The molecule has 0 amide bonds. The second-order valence-electron chi connectivity index (χ2n) is 3.67. The summed E-state index contributed by atoms with van der Waals surface area (Å²) >= 11 is 0. The first-order chi connectivity index (χ1) is 8.20. The predicted octanol–water partition coefficient (Wildman–Crippen LogP) is -0.0830. The van der Waals surface area contributed by atoms with Crippen molar-refractivity contribution in [1.82, 2.24) is 10.6 Å². The number of ether oxygens (including phenoxy) is 2. The molecule has 0 unspecified atom stereocenters. The largest absolute Gasteiger partial charge is 0.509 e. The molecule has 17 heavy (non-hydrogen) atoms. The minimum absolute atomic E-state index is 0.0193. The lowest BCUT2D eigenvalue weighted by Gasteiger charge is -2.26. The van der Waals surface area contributed by atoms with Crippen molar-refractivity contribution in [3.63, 3.8) is 0 Å². The Morgan fingerprint density at radius 2 is 2.41 bits per heavy atom. The van der Waals surface area contributed by atoms with Gasteiger partial charge in [-0.15, -0.1) is 0 Å². The zero-order valence-electron chi connectivity index (χ0n) is 10.3. The van der Waals surface area contributed by atoms with Gasteiger partial charge in [-0.25, -0.2) is 4.79 Å². The van der Waals surface area contributed by atoms with Crippen molar-refractivity contribution in [2.24, 2.45) is 0 Å². The molecule has 0 aliphatic carbocycles. The number of esters is 1. The molecule has 0 aromatic heterocycles. The Kier molecular flexibility index (Phi) is 5.96. The van der Waals surface area contributed by atoms with E-state index >= 15 is 0 Å². The predicted molar refractivity (Wildman–Crippen MR) is 62.6 cm³/mol. The van der Waals surface area contributed by atoms with E-state index < -0.39 is 12.1 Å². The van der Waals surface area contributed by atoms with Gasteiger partial charge in [0.15, 0.2) is 0 Å². The number of aliphatic hydroxyl groups is 1. The van der Waals surface area contributed by atoms with Crippen LogP contribution in [0.4, 0.5) is 0 Å². The molecule has 0 aromatic rings. The number of aliphatic hydroxyl groups excluding tert-OH is 1. The fraction of sp³-hybridized carbons (Fsp3) is 0.727. The SMILES string of the molecule is CCOC(=O)C1=C(O)[C@@H](NCCOC)NCC1. The van der Waals surface area contributed by atoms with Crippen LogP contribution in [-0.2, 0) is 14.3 Å². The number of rotatable bonds is 6. The summed E-state index contributed by atoms with van der Waals surface area (Å²) in [7, 11) is 1.61. The van der Waals surface area contributed by atoms with Crippen LogP contribution >= 0.6 is 0 Å². The maximum absolute atomic E-state index is 11.6. The Morgan fingerprint density at radius 3 is 3.06 bits per heavy atom. The number of nitrogens with one attached hydrogen (secondary N) is 2. The van der Waals surface area contributed by atoms with E-state index in [0.29, 0.717) is 38.3 Å². The number of carbonyl (C=O) groups is 1. The molecule has 0 spiro atoms. The summed E-state index contributed by atoms with van der Waals surface area (Å²) in [5.74, 6) is -0.421. The fourth-order valence-electron chi connectivity index (χ4n) is 1.64. The minimum atomic E-state index is -0.440. The molecular weight excluding hydrogens is 224 g/mol. The molecule has 0 aromatic carbocycles. The van der Waals surface area contributed by atoms with Gasteiger partial charge in [-0.1, -0.05) is 0 Å². The van der Waals surface area contributed by atoms with Crippen molar-refractivity contribution >= 4 is 5.97 Å². The van der Waals surface area contributed by atoms with Crippen LogP contribution in [0.2, 0.25) is 0 Å². The third kappa shape index (κ3) is 3.99. The van der Waals surface area contributed by atoms with Gasteiger partial charge in [0, 0.05) is 20.2 Å². The standard InChI is InChI=1S/C11H20N2O4/c1-3-17-11(15)8-4-5-12-10(9(8)14)13-6-7-16-2/h10,12-14H,3-7H2,1-2H3/t10-/m1/s1. The van der Waals surface area contributed by atoms with Gasteiger partial charge in [-0.3, -0.25) is 10.6 Å².